The molecule has 3 N–H and O–H groups in total. The third-order valence-electron chi connectivity index (χ3n) is 11.7. The number of methoxy groups -OCH3 is 1. The summed E-state index contributed by atoms with van der Waals surface area (Å²) in [6.07, 6.45) is -1.37. The lowest BCUT2D eigenvalue weighted by Crippen LogP contribution is -2.59. The Morgan fingerprint density at radius 1 is 1.09 bits per heavy atom. The molecule has 3 heterocycles. The maximum atomic E-state index is 14.7. The summed E-state index contributed by atoms with van der Waals surface area (Å²) in [5, 5.41) is 6.53. The molecule has 7 unspecified atom stereocenters. The maximum absolute atomic E-state index is 14.7. The third-order valence-corrected chi connectivity index (χ3v) is 13.9. The highest BCUT2D eigenvalue weighted by atomic mass is 32.2. The molecule has 4 amide bonds. The van der Waals surface area contributed by atoms with E-state index in [2.05, 4.69) is 20.3 Å². The minimum Gasteiger partial charge on any atom is -0.481 e. The van der Waals surface area contributed by atoms with Crippen LogP contribution in [-0.4, -0.2) is 96.0 Å². The number of benzene rings is 1. The fraction of sp³-hybridized carbons (Fsp3) is 0.615. The molecule has 3 fully saturated rings. The van der Waals surface area contributed by atoms with Gasteiger partial charge in [-0.25, -0.2) is 13.2 Å². The Labute approximate surface area is 329 Å². The Balaban J connectivity index is 1.36. The van der Waals surface area contributed by atoms with E-state index in [1.54, 1.807) is 31.2 Å². The van der Waals surface area contributed by atoms with E-state index in [4.69, 9.17) is 14.2 Å². The number of hydrogen-bond donors (Lipinski definition) is 3. The molecule has 6 rings (SSSR count). The quantitative estimate of drug-likeness (QED) is 0.310. The number of carbonyl (C=O) groups excluding carboxylic acids is 4. The van der Waals surface area contributed by atoms with Crippen LogP contribution in [0.5, 0.6) is 11.8 Å². The maximum Gasteiger partial charge on any atom is 0.427 e. The van der Waals surface area contributed by atoms with Crippen molar-refractivity contribution in [2.24, 2.45) is 17.8 Å². The Bertz CT molecular complexity index is 2060. The van der Waals surface area contributed by atoms with Crippen molar-refractivity contribution in [2.45, 2.75) is 120 Å². The Morgan fingerprint density at radius 2 is 1.79 bits per heavy atom. The van der Waals surface area contributed by atoms with Crippen LogP contribution in [-0.2, 0) is 29.1 Å². The monoisotopic (exact) mass is 821 g/mol. The van der Waals surface area contributed by atoms with E-state index in [1.165, 1.54) is 18.9 Å². The highest BCUT2D eigenvalue weighted by Gasteiger charge is 2.63. The second-order valence-corrected chi connectivity index (χ2v) is 18.9. The van der Waals surface area contributed by atoms with Crippen molar-refractivity contribution in [1.29, 1.82) is 0 Å². The molecule has 4 aliphatic rings. The molecule has 2 aromatic rings. The summed E-state index contributed by atoms with van der Waals surface area (Å²) in [5.41, 5.74) is -4.53. The van der Waals surface area contributed by atoms with Crippen LogP contribution in [0.15, 0.2) is 42.5 Å². The highest BCUT2D eigenvalue weighted by Crippen LogP contribution is 2.48. The van der Waals surface area contributed by atoms with Gasteiger partial charge < -0.3 is 29.7 Å². The van der Waals surface area contributed by atoms with Gasteiger partial charge in [-0.05, 0) is 82.6 Å². The van der Waals surface area contributed by atoms with Crippen molar-refractivity contribution in [1.82, 2.24) is 25.2 Å². The topological polar surface area (TPSA) is 182 Å². The minimum atomic E-state index is -4.91. The zero-order valence-corrected chi connectivity index (χ0v) is 33.6. The van der Waals surface area contributed by atoms with Gasteiger partial charge in [-0.2, -0.15) is 18.2 Å². The molecule has 1 aromatic heterocycles. The number of hydrogen-bond acceptors (Lipinski definition) is 10. The summed E-state index contributed by atoms with van der Waals surface area (Å²) in [7, 11) is -2.64. The number of pyridine rings is 1. The average molecular weight is 822 g/mol. The molecule has 57 heavy (non-hydrogen) atoms. The first kappa shape index (κ1) is 42.0. The fourth-order valence-electron chi connectivity index (χ4n) is 7.54. The molecule has 0 radical (unpaired) electrons. The van der Waals surface area contributed by atoms with Gasteiger partial charge in [0.1, 0.15) is 23.7 Å². The molecule has 1 aromatic carbocycles. The molecule has 0 spiro atoms. The van der Waals surface area contributed by atoms with Gasteiger partial charge in [0.25, 0.3) is 5.91 Å². The van der Waals surface area contributed by atoms with Crippen LogP contribution in [0.2, 0.25) is 0 Å². The van der Waals surface area contributed by atoms with Crippen LogP contribution in [0, 0.1) is 17.8 Å². The van der Waals surface area contributed by atoms with Crippen molar-refractivity contribution >= 4 is 44.6 Å². The number of sulfonamides is 1. The number of nitrogens with one attached hydrogen (secondary N) is 3. The number of halogens is 3. The second-order valence-electron chi connectivity index (χ2n) is 16.7. The van der Waals surface area contributed by atoms with Crippen molar-refractivity contribution in [3.05, 3.63) is 42.5 Å². The predicted octanol–water partition coefficient (Wildman–Crippen LogP) is 4.91. The highest BCUT2D eigenvalue weighted by molar-refractivity contribution is 7.91. The van der Waals surface area contributed by atoms with E-state index in [9.17, 15) is 40.8 Å². The van der Waals surface area contributed by atoms with Gasteiger partial charge in [0.15, 0.2) is 0 Å². The van der Waals surface area contributed by atoms with Crippen LogP contribution >= 0.6 is 0 Å². The normalized spacial score (nSPS) is 29.2. The van der Waals surface area contributed by atoms with Gasteiger partial charge in [-0.15, -0.1) is 0 Å². The number of allylic oxidation sites excluding steroid dienone is 1. The summed E-state index contributed by atoms with van der Waals surface area (Å²) in [6, 6.07) is 6.15. The molecule has 2 aliphatic heterocycles. The molecule has 18 heteroatoms. The van der Waals surface area contributed by atoms with Gasteiger partial charge in [-0.1, -0.05) is 44.2 Å². The first-order valence-electron chi connectivity index (χ1n) is 19.1. The molecular weight excluding hydrogens is 772 g/mol. The number of rotatable bonds is 8. The molecule has 312 valence electrons. The molecule has 1 saturated heterocycles. The number of carbonyl (C=O) groups is 4. The lowest BCUT2D eigenvalue weighted by molar-refractivity contribution is -0.244. The van der Waals surface area contributed by atoms with Crippen molar-refractivity contribution in [2.75, 3.05) is 13.7 Å². The van der Waals surface area contributed by atoms with E-state index in [0.29, 0.717) is 51.3 Å². The van der Waals surface area contributed by atoms with Gasteiger partial charge in [0.05, 0.1) is 18.4 Å². The minimum absolute atomic E-state index is 0.0381. The lowest BCUT2D eigenvalue weighted by atomic mass is 9.88. The second kappa shape index (κ2) is 15.3. The summed E-state index contributed by atoms with van der Waals surface area (Å²) in [6.45, 7) is 6.32. The SMILES string of the molecule is COc1cc2ccccc2c(OC2CC3C(=O)NC4(C(=O)NS(=O)(=O)C5(C)CC5)CC4C=CCCC(C)CC(C)C(NC(=O)OC(C)(C)C(F)(F)F)C(=O)N3C2)n1. The Hall–Kier alpha value is -4.61. The zero-order valence-electron chi connectivity index (χ0n) is 32.8. The first-order valence-corrected chi connectivity index (χ1v) is 20.6. The smallest absolute Gasteiger partial charge is 0.427 e. The third kappa shape index (κ3) is 8.65. The number of nitrogens with zero attached hydrogens (tertiary/aromatic N) is 2. The number of fused-ring (bicyclic) bond motifs is 3. The number of alkyl carbamates (subject to hydrolysis) is 1. The summed E-state index contributed by atoms with van der Waals surface area (Å²) < 4.78 is 85.2. The number of amides is 4. The van der Waals surface area contributed by atoms with Gasteiger partial charge in [0, 0.05) is 23.8 Å². The van der Waals surface area contributed by atoms with Crippen molar-refractivity contribution in [3.8, 4) is 11.8 Å². The molecule has 14 nitrogen and oxygen atoms in total. The van der Waals surface area contributed by atoms with Crippen molar-refractivity contribution in [3.63, 3.8) is 0 Å². The molecule has 7 atom stereocenters. The van der Waals surface area contributed by atoms with Crippen LogP contribution < -0.4 is 24.8 Å². The van der Waals surface area contributed by atoms with Crippen molar-refractivity contribution < 1.29 is 55.0 Å². The molecule has 2 aliphatic carbocycles. The van der Waals surface area contributed by atoms with Crippen LogP contribution in [0.1, 0.15) is 79.6 Å². The van der Waals surface area contributed by atoms with Crippen LogP contribution in [0.3, 0.4) is 0 Å². The summed E-state index contributed by atoms with van der Waals surface area (Å²) >= 11 is 0. The number of ether oxygens (including phenoxy) is 3. The van der Waals surface area contributed by atoms with E-state index in [-0.39, 0.29) is 37.1 Å². The van der Waals surface area contributed by atoms with Gasteiger partial charge in [-0.3, -0.25) is 19.1 Å². The van der Waals surface area contributed by atoms with Crippen LogP contribution in [0.4, 0.5) is 18.0 Å². The standard InChI is InChI=1S/C39H50F3N5O9S/c1-22-11-7-9-13-25-20-38(25,34(50)46-57(52,53)37(5)15-16-37)45-31(48)28-19-26(55-32-27-14-10-8-12-24(27)18-29(43-32)54-6)21-47(28)33(49)30(23(2)17-22)44-35(51)56-36(3,4)39(40,41)42/h8-10,12-14,18,22-23,25-26,28,30H,7,11,15-17,19-21H2,1-6H3,(H,44,51)(H,45,48)(H,46,50). The van der Waals surface area contributed by atoms with Crippen LogP contribution in [0.25, 0.3) is 10.8 Å². The lowest BCUT2D eigenvalue weighted by Gasteiger charge is -2.34. The Morgan fingerprint density at radius 3 is 2.46 bits per heavy atom. The number of alkyl halides is 3. The largest absolute Gasteiger partial charge is 0.481 e. The predicted molar refractivity (Wildman–Crippen MR) is 201 cm³/mol. The van der Waals surface area contributed by atoms with E-state index >= 15 is 0 Å². The zero-order chi connectivity index (χ0) is 41.7. The van der Waals surface area contributed by atoms with E-state index in [0.717, 1.165) is 5.39 Å². The van der Waals surface area contributed by atoms with E-state index in [1.807, 2.05) is 25.1 Å². The Kier molecular flexibility index (Phi) is 11.3. The van der Waals surface area contributed by atoms with E-state index < -0.39 is 85.9 Å². The summed E-state index contributed by atoms with van der Waals surface area (Å²) in [4.78, 5) is 61.9. The molecule has 0 bridgehead atoms. The van der Waals surface area contributed by atoms with Gasteiger partial charge in [0.2, 0.25) is 39.2 Å². The van der Waals surface area contributed by atoms with Gasteiger partial charge >= 0.3 is 12.3 Å². The fourth-order valence-corrected chi connectivity index (χ4v) is 8.85. The molecular formula is C39H50F3N5O9S. The number of aromatic nitrogens is 1. The summed E-state index contributed by atoms with van der Waals surface area (Å²) in [5.74, 6) is -3.29. The molecule has 2 saturated carbocycles. The first-order chi connectivity index (χ1) is 26.6. The average Bonchev–Trinajstić information content (AvgIpc) is 4.01.